The van der Waals surface area contributed by atoms with Gasteiger partial charge in [0.2, 0.25) is 0 Å². The Labute approximate surface area is 123 Å². The van der Waals surface area contributed by atoms with Crippen LogP contribution >= 0.6 is 0 Å². The van der Waals surface area contributed by atoms with Gasteiger partial charge in [0, 0.05) is 6.42 Å². The molecular formula is C18H28O2. The average Bonchev–Trinajstić information content (AvgIpc) is 2.25. The minimum Gasteiger partial charge on any atom is -0.493 e. The molecule has 112 valence electrons. The number of ether oxygens (including phenoxy) is 1. The van der Waals surface area contributed by atoms with Crippen molar-refractivity contribution < 1.29 is 9.53 Å². The van der Waals surface area contributed by atoms with Gasteiger partial charge in [0.05, 0.1) is 6.61 Å². The van der Waals surface area contributed by atoms with Crippen LogP contribution in [0.3, 0.4) is 0 Å². The Morgan fingerprint density at radius 3 is 2.40 bits per heavy atom. The standard InChI is InChI=1S/C18H28O2/c1-12(2)11-20-18-15(5)7-13(3)9-17(18)10-14(4)8-16(6)19/h7,9,12,14H,8,10-11H2,1-6H3. The molecule has 0 heterocycles. The van der Waals surface area contributed by atoms with Gasteiger partial charge in [-0.05, 0) is 50.2 Å². The van der Waals surface area contributed by atoms with Crippen molar-refractivity contribution >= 4 is 5.78 Å². The first-order valence-electron chi connectivity index (χ1n) is 7.52. The van der Waals surface area contributed by atoms with E-state index in [4.69, 9.17) is 4.74 Å². The molecule has 0 spiro atoms. The van der Waals surface area contributed by atoms with E-state index in [1.807, 2.05) is 0 Å². The molecule has 0 bridgehead atoms. The van der Waals surface area contributed by atoms with Crippen molar-refractivity contribution in [2.24, 2.45) is 11.8 Å². The predicted octanol–water partition coefficient (Wildman–Crippen LogP) is 4.50. The minimum atomic E-state index is 0.256. The Morgan fingerprint density at radius 2 is 1.85 bits per heavy atom. The molecule has 1 unspecified atom stereocenters. The van der Waals surface area contributed by atoms with E-state index in [-0.39, 0.29) is 5.78 Å². The van der Waals surface area contributed by atoms with Crippen molar-refractivity contribution in [1.29, 1.82) is 0 Å². The van der Waals surface area contributed by atoms with Crippen LogP contribution in [0.4, 0.5) is 0 Å². The van der Waals surface area contributed by atoms with Crippen LogP contribution < -0.4 is 4.74 Å². The number of hydrogen-bond acceptors (Lipinski definition) is 2. The maximum absolute atomic E-state index is 11.2. The summed E-state index contributed by atoms with van der Waals surface area (Å²) in [6.45, 7) is 13.0. The first-order valence-corrected chi connectivity index (χ1v) is 7.52. The third kappa shape index (κ3) is 5.36. The third-order valence-electron chi connectivity index (χ3n) is 3.26. The summed E-state index contributed by atoms with van der Waals surface area (Å²) in [4.78, 5) is 11.2. The Hall–Kier alpha value is -1.31. The lowest BCUT2D eigenvalue weighted by Gasteiger charge is -2.19. The number of hydrogen-bond donors (Lipinski definition) is 0. The summed E-state index contributed by atoms with van der Waals surface area (Å²) in [6, 6.07) is 4.36. The molecule has 0 aliphatic carbocycles. The quantitative estimate of drug-likeness (QED) is 0.733. The Kier molecular flexibility index (Phi) is 6.25. The molecule has 20 heavy (non-hydrogen) atoms. The molecule has 0 radical (unpaired) electrons. The maximum atomic E-state index is 11.2. The molecule has 0 fully saturated rings. The van der Waals surface area contributed by atoms with Crippen molar-refractivity contribution in [2.45, 2.75) is 54.4 Å². The lowest BCUT2D eigenvalue weighted by Crippen LogP contribution is -2.10. The first-order chi connectivity index (χ1) is 9.29. The van der Waals surface area contributed by atoms with E-state index >= 15 is 0 Å². The molecule has 1 atom stereocenters. The highest BCUT2D eigenvalue weighted by Crippen LogP contribution is 2.29. The SMILES string of the molecule is CC(=O)CC(C)Cc1cc(C)cc(C)c1OCC(C)C. The fourth-order valence-electron chi connectivity index (χ4n) is 2.59. The molecule has 2 nitrogen and oxygen atoms in total. The van der Waals surface area contributed by atoms with Crippen LogP contribution in [0.2, 0.25) is 0 Å². The Morgan fingerprint density at radius 1 is 1.20 bits per heavy atom. The molecule has 0 amide bonds. The third-order valence-corrected chi connectivity index (χ3v) is 3.26. The number of aryl methyl sites for hydroxylation is 2. The van der Waals surface area contributed by atoms with E-state index in [2.05, 4.69) is 46.8 Å². The van der Waals surface area contributed by atoms with Gasteiger partial charge in [0.1, 0.15) is 11.5 Å². The zero-order chi connectivity index (χ0) is 15.3. The van der Waals surface area contributed by atoms with E-state index in [0.717, 1.165) is 18.8 Å². The molecule has 0 N–H and O–H groups in total. The molecule has 0 saturated carbocycles. The molecular weight excluding hydrogens is 248 g/mol. The Balaban J connectivity index is 2.94. The lowest BCUT2D eigenvalue weighted by molar-refractivity contribution is -0.117. The molecule has 0 saturated heterocycles. The van der Waals surface area contributed by atoms with Gasteiger partial charge in [0.25, 0.3) is 0 Å². The predicted molar refractivity (Wildman–Crippen MR) is 84.4 cm³/mol. The molecule has 1 aromatic rings. The van der Waals surface area contributed by atoms with Crippen LogP contribution in [0.25, 0.3) is 0 Å². The van der Waals surface area contributed by atoms with Crippen LogP contribution in [-0.2, 0) is 11.2 Å². The van der Waals surface area contributed by atoms with Gasteiger partial charge >= 0.3 is 0 Å². The summed E-state index contributed by atoms with van der Waals surface area (Å²) >= 11 is 0. The molecule has 0 aromatic heterocycles. The summed E-state index contributed by atoms with van der Waals surface area (Å²) in [6.07, 6.45) is 1.53. The topological polar surface area (TPSA) is 26.3 Å². The number of carbonyl (C=O) groups is 1. The molecule has 0 aliphatic rings. The van der Waals surface area contributed by atoms with Crippen LogP contribution in [0.1, 0.15) is 50.8 Å². The minimum absolute atomic E-state index is 0.256. The van der Waals surface area contributed by atoms with Crippen LogP contribution in [0.15, 0.2) is 12.1 Å². The summed E-state index contributed by atoms with van der Waals surface area (Å²) < 4.78 is 6.01. The molecule has 2 heteroatoms. The molecule has 1 rings (SSSR count). The van der Waals surface area contributed by atoms with Gasteiger partial charge < -0.3 is 9.53 Å². The van der Waals surface area contributed by atoms with E-state index < -0.39 is 0 Å². The normalized spacial score (nSPS) is 12.6. The van der Waals surface area contributed by atoms with Gasteiger partial charge in [-0.3, -0.25) is 0 Å². The number of benzene rings is 1. The van der Waals surface area contributed by atoms with Gasteiger partial charge in [0.15, 0.2) is 0 Å². The fourth-order valence-corrected chi connectivity index (χ4v) is 2.59. The van der Waals surface area contributed by atoms with E-state index in [1.165, 1.54) is 16.7 Å². The van der Waals surface area contributed by atoms with Crippen molar-refractivity contribution in [3.8, 4) is 5.75 Å². The first kappa shape index (κ1) is 16.7. The summed E-state index contributed by atoms with van der Waals surface area (Å²) in [5.74, 6) is 2.14. The largest absolute Gasteiger partial charge is 0.493 e. The molecule has 1 aromatic carbocycles. The zero-order valence-electron chi connectivity index (χ0n) is 13.7. The number of Topliss-reactive ketones (excluding diaryl/α,β-unsaturated/α-hetero) is 1. The second kappa shape index (κ2) is 7.47. The highest BCUT2D eigenvalue weighted by atomic mass is 16.5. The highest BCUT2D eigenvalue weighted by molar-refractivity contribution is 5.75. The van der Waals surface area contributed by atoms with Crippen molar-refractivity contribution in [1.82, 2.24) is 0 Å². The van der Waals surface area contributed by atoms with Crippen LogP contribution in [0, 0.1) is 25.7 Å². The fraction of sp³-hybridized carbons (Fsp3) is 0.611. The van der Waals surface area contributed by atoms with Gasteiger partial charge in [-0.2, -0.15) is 0 Å². The number of ketones is 1. The molecule has 0 aliphatic heterocycles. The number of carbonyl (C=O) groups excluding carboxylic acids is 1. The van der Waals surface area contributed by atoms with E-state index in [1.54, 1.807) is 6.92 Å². The summed E-state index contributed by atoms with van der Waals surface area (Å²) in [7, 11) is 0. The highest BCUT2D eigenvalue weighted by Gasteiger charge is 2.14. The lowest BCUT2D eigenvalue weighted by atomic mass is 9.93. The Bertz CT molecular complexity index is 461. The van der Waals surface area contributed by atoms with Gasteiger partial charge in [-0.1, -0.05) is 38.5 Å². The smallest absolute Gasteiger partial charge is 0.130 e. The van der Waals surface area contributed by atoms with Crippen LogP contribution in [-0.4, -0.2) is 12.4 Å². The average molecular weight is 276 g/mol. The van der Waals surface area contributed by atoms with E-state index in [0.29, 0.717) is 18.3 Å². The van der Waals surface area contributed by atoms with Crippen molar-refractivity contribution in [2.75, 3.05) is 6.61 Å². The summed E-state index contributed by atoms with van der Waals surface area (Å²) in [5.41, 5.74) is 3.68. The maximum Gasteiger partial charge on any atom is 0.130 e. The zero-order valence-corrected chi connectivity index (χ0v) is 13.7. The van der Waals surface area contributed by atoms with Crippen LogP contribution in [0.5, 0.6) is 5.75 Å². The van der Waals surface area contributed by atoms with Gasteiger partial charge in [-0.15, -0.1) is 0 Å². The monoisotopic (exact) mass is 276 g/mol. The van der Waals surface area contributed by atoms with E-state index in [9.17, 15) is 4.79 Å². The second-order valence-corrected chi connectivity index (χ2v) is 6.49. The number of rotatable bonds is 7. The second-order valence-electron chi connectivity index (χ2n) is 6.49. The summed E-state index contributed by atoms with van der Waals surface area (Å²) in [5, 5.41) is 0. The van der Waals surface area contributed by atoms with Gasteiger partial charge in [-0.25, -0.2) is 0 Å². The van der Waals surface area contributed by atoms with Crippen molar-refractivity contribution in [3.63, 3.8) is 0 Å². The van der Waals surface area contributed by atoms with Crippen molar-refractivity contribution in [3.05, 3.63) is 28.8 Å².